The van der Waals surface area contributed by atoms with Crippen molar-refractivity contribution in [3.05, 3.63) is 53.3 Å². The Morgan fingerprint density at radius 3 is 2.84 bits per heavy atom. The maximum Gasteiger partial charge on any atom is 0.257 e. The van der Waals surface area contributed by atoms with E-state index in [2.05, 4.69) is 15.6 Å². The molecule has 0 radical (unpaired) electrons. The monoisotopic (exact) mass is 275 g/mol. The van der Waals surface area contributed by atoms with Crippen LogP contribution in [-0.4, -0.2) is 17.4 Å². The van der Waals surface area contributed by atoms with Gasteiger partial charge in [-0.2, -0.15) is 0 Å². The first-order valence-electron chi connectivity index (χ1n) is 5.96. The first-order chi connectivity index (χ1) is 9.20. The zero-order valence-electron chi connectivity index (χ0n) is 10.5. The molecule has 0 spiro atoms. The van der Waals surface area contributed by atoms with E-state index in [0.717, 1.165) is 12.2 Å². The molecular weight excluding hydrogens is 262 g/mol. The predicted octanol–water partition coefficient (Wildman–Crippen LogP) is 3.42. The largest absolute Gasteiger partial charge is 0.385 e. The first-order valence-corrected chi connectivity index (χ1v) is 6.34. The molecule has 1 aromatic heterocycles. The molecule has 0 bridgehead atoms. The molecule has 2 N–H and O–H groups in total. The maximum atomic E-state index is 12.2. The van der Waals surface area contributed by atoms with E-state index in [-0.39, 0.29) is 5.91 Å². The number of anilines is 2. The van der Waals surface area contributed by atoms with Crippen molar-refractivity contribution in [2.45, 2.75) is 6.92 Å². The second-order valence-electron chi connectivity index (χ2n) is 3.90. The summed E-state index contributed by atoms with van der Waals surface area (Å²) in [5.74, 6) is -0.182. The van der Waals surface area contributed by atoms with E-state index < -0.39 is 0 Å². The Hall–Kier alpha value is -2.07. The van der Waals surface area contributed by atoms with Crippen LogP contribution in [0.2, 0.25) is 5.15 Å². The van der Waals surface area contributed by atoms with Gasteiger partial charge in [-0.15, -0.1) is 0 Å². The van der Waals surface area contributed by atoms with Crippen LogP contribution in [0.25, 0.3) is 0 Å². The fourth-order valence-corrected chi connectivity index (χ4v) is 1.88. The molecular formula is C14H14ClN3O. The van der Waals surface area contributed by atoms with E-state index >= 15 is 0 Å². The lowest BCUT2D eigenvalue weighted by Crippen LogP contribution is -2.14. The Morgan fingerprint density at radius 2 is 2.11 bits per heavy atom. The van der Waals surface area contributed by atoms with Crippen molar-refractivity contribution < 1.29 is 4.79 Å². The standard InChI is InChI=1S/C14H14ClN3O/c1-2-16-12-6-4-3-5-11(12)14(19)18-10-7-8-17-13(15)9-10/h3-9,16H,2H2,1H3,(H,17,18,19). The van der Waals surface area contributed by atoms with E-state index in [9.17, 15) is 4.79 Å². The van der Waals surface area contributed by atoms with Crippen molar-refractivity contribution in [2.24, 2.45) is 0 Å². The van der Waals surface area contributed by atoms with Gasteiger partial charge in [-0.05, 0) is 31.2 Å². The van der Waals surface area contributed by atoms with Gasteiger partial charge < -0.3 is 10.6 Å². The summed E-state index contributed by atoms with van der Waals surface area (Å²) in [6, 6.07) is 10.7. The second kappa shape index (κ2) is 6.20. The molecule has 98 valence electrons. The number of carbonyl (C=O) groups is 1. The van der Waals surface area contributed by atoms with Crippen molar-refractivity contribution in [1.29, 1.82) is 0 Å². The van der Waals surface area contributed by atoms with Crippen molar-refractivity contribution in [3.63, 3.8) is 0 Å². The number of nitrogens with zero attached hydrogens (tertiary/aromatic N) is 1. The molecule has 0 atom stereocenters. The highest BCUT2D eigenvalue weighted by Gasteiger charge is 2.10. The lowest BCUT2D eigenvalue weighted by Gasteiger charge is -2.10. The number of aromatic nitrogens is 1. The van der Waals surface area contributed by atoms with Crippen LogP contribution in [0, 0.1) is 0 Å². The molecule has 1 amide bonds. The lowest BCUT2D eigenvalue weighted by molar-refractivity contribution is 0.102. The van der Waals surface area contributed by atoms with Crippen LogP contribution in [0.5, 0.6) is 0 Å². The van der Waals surface area contributed by atoms with Crippen LogP contribution in [0.15, 0.2) is 42.6 Å². The number of para-hydroxylation sites is 1. The first kappa shape index (κ1) is 13.4. The quantitative estimate of drug-likeness (QED) is 0.841. The van der Waals surface area contributed by atoms with Crippen molar-refractivity contribution in [3.8, 4) is 0 Å². The van der Waals surface area contributed by atoms with Gasteiger partial charge in [0, 0.05) is 24.1 Å². The second-order valence-corrected chi connectivity index (χ2v) is 4.28. The Kier molecular flexibility index (Phi) is 4.36. The third-order valence-electron chi connectivity index (χ3n) is 2.52. The highest BCUT2D eigenvalue weighted by Crippen LogP contribution is 2.18. The number of amides is 1. The Bertz CT molecular complexity index is 586. The Labute approximate surface area is 116 Å². The van der Waals surface area contributed by atoms with E-state index in [1.165, 1.54) is 0 Å². The molecule has 0 saturated heterocycles. The average molecular weight is 276 g/mol. The zero-order chi connectivity index (χ0) is 13.7. The molecule has 0 aliphatic heterocycles. The lowest BCUT2D eigenvalue weighted by atomic mass is 10.1. The van der Waals surface area contributed by atoms with Crippen molar-refractivity contribution in [2.75, 3.05) is 17.2 Å². The predicted molar refractivity (Wildman–Crippen MR) is 77.8 cm³/mol. The van der Waals surface area contributed by atoms with Crippen molar-refractivity contribution in [1.82, 2.24) is 4.98 Å². The third-order valence-corrected chi connectivity index (χ3v) is 2.73. The van der Waals surface area contributed by atoms with Crippen LogP contribution in [-0.2, 0) is 0 Å². The number of pyridine rings is 1. The van der Waals surface area contributed by atoms with Crippen LogP contribution in [0.3, 0.4) is 0 Å². The number of hydrogen-bond acceptors (Lipinski definition) is 3. The molecule has 0 fully saturated rings. The van der Waals surface area contributed by atoms with Gasteiger partial charge >= 0.3 is 0 Å². The molecule has 2 rings (SSSR count). The van der Waals surface area contributed by atoms with Crippen LogP contribution in [0.4, 0.5) is 11.4 Å². The van der Waals surface area contributed by atoms with Gasteiger partial charge in [0.05, 0.1) is 5.56 Å². The number of halogens is 1. The molecule has 1 heterocycles. The molecule has 0 unspecified atom stereocenters. The summed E-state index contributed by atoms with van der Waals surface area (Å²) in [5.41, 5.74) is 2.02. The molecule has 0 aliphatic carbocycles. The fourth-order valence-electron chi connectivity index (χ4n) is 1.70. The molecule has 2 aromatic rings. The number of carbonyl (C=O) groups excluding carboxylic acids is 1. The van der Waals surface area contributed by atoms with E-state index in [1.54, 1.807) is 24.4 Å². The van der Waals surface area contributed by atoms with Crippen LogP contribution < -0.4 is 10.6 Å². The summed E-state index contributed by atoms with van der Waals surface area (Å²) >= 11 is 5.78. The number of benzene rings is 1. The van der Waals surface area contributed by atoms with Crippen LogP contribution >= 0.6 is 11.6 Å². The van der Waals surface area contributed by atoms with Gasteiger partial charge in [-0.1, -0.05) is 23.7 Å². The van der Waals surface area contributed by atoms with Gasteiger partial charge in [0.2, 0.25) is 0 Å². The van der Waals surface area contributed by atoms with E-state index in [4.69, 9.17) is 11.6 Å². The molecule has 19 heavy (non-hydrogen) atoms. The minimum atomic E-state index is -0.182. The number of nitrogens with one attached hydrogen (secondary N) is 2. The summed E-state index contributed by atoms with van der Waals surface area (Å²) in [7, 11) is 0. The molecule has 0 aliphatic rings. The van der Waals surface area contributed by atoms with Gasteiger partial charge in [0.1, 0.15) is 5.15 Å². The highest BCUT2D eigenvalue weighted by atomic mass is 35.5. The fraction of sp³-hybridized carbons (Fsp3) is 0.143. The highest BCUT2D eigenvalue weighted by molar-refractivity contribution is 6.29. The molecule has 4 nitrogen and oxygen atoms in total. The minimum absolute atomic E-state index is 0.182. The average Bonchev–Trinajstić information content (AvgIpc) is 2.39. The summed E-state index contributed by atoms with van der Waals surface area (Å²) < 4.78 is 0. The van der Waals surface area contributed by atoms with Gasteiger partial charge in [0.15, 0.2) is 0 Å². The van der Waals surface area contributed by atoms with Gasteiger partial charge in [-0.25, -0.2) is 4.98 Å². The van der Waals surface area contributed by atoms with Crippen molar-refractivity contribution >= 4 is 28.9 Å². The number of rotatable bonds is 4. The summed E-state index contributed by atoms with van der Waals surface area (Å²) in [5, 5.41) is 6.29. The van der Waals surface area contributed by atoms with Gasteiger partial charge in [-0.3, -0.25) is 4.79 Å². The summed E-state index contributed by atoms with van der Waals surface area (Å²) in [6.45, 7) is 2.74. The molecule has 0 saturated carbocycles. The number of hydrogen-bond donors (Lipinski definition) is 2. The van der Waals surface area contributed by atoms with Crippen LogP contribution in [0.1, 0.15) is 17.3 Å². The Balaban J connectivity index is 2.20. The van der Waals surface area contributed by atoms with E-state index in [0.29, 0.717) is 16.4 Å². The normalized spacial score (nSPS) is 10.0. The zero-order valence-corrected chi connectivity index (χ0v) is 11.2. The SMILES string of the molecule is CCNc1ccccc1C(=O)Nc1ccnc(Cl)c1. The Morgan fingerprint density at radius 1 is 1.32 bits per heavy atom. The molecule has 1 aromatic carbocycles. The summed E-state index contributed by atoms with van der Waals surface area (Å²) in [6.07, 6.45) is 1.55. The maximum absolute atomic E-state index is 12.2. The summed E-state index contributed by atoms with van der Waals surface area (Å²) in [4.78, 5) is 16.1. The van der Waals surface area contributed by atoms with Gasteiger partial charge in [0.25, 0.3) is 5.91 Å². The minimum Gasteiger partial charge on any atom is -0.385 e. The topological polar surface area (TPSA) is 54.0 Å². The van der Waals surface area contributed by atoms with E-state index in [1.807, 2.05) is 25.1 Å². The third kappa shape index (κ3) is 3.45. The molecule has 5 heteroatoms. The smallest absolute Gasteiger partial charge is 0.257 e.